The van der Waals surface area contributed by atoms with Gasteiger partial charge in [0.1, 0.15) is 5.84 Å². The molecule has 0 aromatic carbocycles. The molecule has 0 aromatic rings. The maximum Gasteiger partial charge on any atom is 0.140 e. The van der Waals surface area contributed by atoms with Gasteiger partial charge in [-0.3, -0.25) is 9.89 Å². The SMILES string of the molecule is C=C(C)/C(C)=C/C(=NC)C1=CC(=C2CCC2)N2C=C(N3CCC(NCC)CC3)C=C(C)C2=N1. The molecule has 0 spiro atoms. The number of hydrogen-bond acceptors (Lipinski definition) is 5. The highest BCUT2D eigenvalue weighted by Gasteiger charge is 2.30. The summed E-state index contributed by atoms with van der Waals surface area (Å²) >= 11 is 0. The number of amidine groups is 1. The summed E-state index contributed by atoms with van der Waals surface area (Å²) in [4.78, 5) is 14.5. The summed E-state index contributed by atoms with van der Waals surface area (Å²) in [5.41, 5.74) is 9.36. The standard InChI is InChI=1S/C28H39N5/c1-7-30-23-11-13-32(14-12-23)24-15-21(5)28-31-26(25(29-6)16-20(4)19(2)3)17-27(33(28)18-24)22-9-8-10-22/h15-18,23,30H,2,7-14H2,1,3-6H3/b20-16+,29-25?. The quantitative estimate of drug-likeness (QED) is 0.434. The number of fused-ring (bicyclic) bond motifs is 1. The van der Waals surface area contributed by atoms with Crippen LogP contribution in [0, 0.1) is 0 Å². The van der Waals surface area contributed by atoms with Crippen molar-refractivity contribution in [2.75, 3.05) is 26.7 Å². The topological polar surface area (TPSA) is 43.2 Å². The van der Waals surface area contributed by atoms with E-state index in [4.69, 9.17) is 4.99 Å². The molecule has 176 valence electrons. The first-order valence-corrected chi connectivity index (χ1v) is 12.4. The monoisotopic (exact) mass is 445 g/mol. The number of aliphatic imine (C=N–C) groups is 2. The van der Waals surface area contributed by atoms with Crippen molar-refractivity contribution in [3.05, 3.63) is 70.4 Å². The van der Waals surface area contributed by atoms with E-state index in [9.17, 15) is 0 Å². The van der Waals surface area contributed by atoms with E-state index < -0.39 is 0 Å². The van der Waals surface area contributed by atoms with Gasteiger partial charge in [0.25, 0.3) is 0 Å². The van der Waals surface area contributed by atoms with Crippen molar-refractivity contribution in [3.8, 4) is 0 Å². The van der Waals surface area contributed by atoms with Crippen molar-refractivity contribution >= 4 is 11.5 Å². The Morgan fingerprint density at radius 2 is 1.97 bits per heavy atom. The van der Waals surface area contributed by atoms with E-state index in [1.807, 2.05) is 14.0 Å². The van der Waals surface area contributed by atoms with Crippen molar-refractivity contribution in [2.45, 2.75) is 65.8 Å². The highest BCUT2D eigenvalue weighted by Crippen LogP contribution is 2.37. The average molecular weight is 446 g/mol. The molecule has 33 heavy (non-hydrogen) atoms. The van der Waals surface area contributed by atoms with Crippen molar-refractivity contribution in [2.24, 2.45) is 9.98 Å². The van der Waals surface area contributed by atoms with Crippen LogP contribution in [0.1, 0.15) is 59.8 Å². The van der Waals surface area contributed by atoms with Crippen molar-refractivity contribution < 1.29 is 0 Å². The molecule has 5 heteroatoms. The molecule has 0 unspecified atom stereocenters. The fourth-order valence-corrected chi connectivity index (χ4v) is 4.78. The van der Waals surface area contributed by atoms with Gasteiger partial charge < -0.3 is 10.2 Å². The van der Waals surface area contributed by atoms with Crippen LogP contribution in [-0.4, -0.2) is 54.1 Å². The van der Waals surface area contributed by atoms with Crippen LogP contribution >= 0.6 is 0 Å². The zero-order valence-electron chi connectivity index (χ0n) is 21.0. The molecular weight excluding hydrogens is 406 g/mol. The van der Waals surface area contributed by atoms with Crippen LogP contribution in [0.15, 0.2) is 80.4 Å². The Morgan fingerprint density at radius 1 is 1.24 bits per heavy atom. The van der Waals surface area contributed by atoms with Crippen LogP contribution in [0.3, 0.4) is 0 Å². The van der Waals surface area contributed by atoms with Crippen molar-refractivity contribution in [1.82, 2.24) is 15.1 Å². The normalized spacial score (nSPS) is 22.3. The molecule has 2 fully saturated rings. The van der Waals surface area contributed by atoms with E-state index in [2.05, 4.69) is 71.9 Å². The molecule has 5 nitrogen and oxygen atoms in total. The van der Waals surface area contributed by atoms with E-state index >= 15 is 0 Å². The molecule has 0 bridgehead atoms. The van der Waals surface area contributed by atoms with E-state index in [1.54, 1.807) is 0 Å². The van der Waals surface area contributed by atoms with E-state index in [1.165, 1.54) is 54.6 Å². The Kier molecular flexibility index (Phi) is 7.18. The first-order chi connectivity index (χ1) is 15.9. The predicted molar refractivity (Wildman–Crippen MR) is 140 cm³/mol. The lowest BCUT2D eigenvalue weighted by Gasteiger charge is -2.40. The second kappa shape index (κ2) is 10.1. The van der Waals surface area contributed by atoms with Gasteiger partial charge in [-0.25, -0.2) is 4.99 Å². The summed E-state index contributed by atoms with van der Waals surface area (Å²) in [5, 5.41) is 3.61. The third-order valence-corrected chi connectivity index (χ3v) is 7.17. The molecule has 4 aliphatic rings. The highest BCUT2D eigenvalue weighted by molar-refractivity contribution is 6.13. The van der Waals surface area contributed by atoms with Gasteiger partial charge in [-0.2, -0.15) is 0 Å². The molecule has 1 saturated carbocycles. The highest BCUT2D eigenvalue weighted by atomic mass is 15.2. The fourth-order valence-electron chi connectivity index (χ4n) is 4.78. The summed E-state index contributed by atoms with van der Waals surface area (Å²) in [7, 11) is 1.85. The molecule has 1 saturated heterocycles. The molecule has 0 amide bonds. The Morgan fingerprint density at radius 3 is 2.55 bits per heavy atom. The first-order valence-electron chi connectivity index (χ1n) is 12.4. The molecule has 3 heterocycles. The summed E-state index contributed by atoms with van der Waals surface area (Å²) in [5.74, 6) is 1.02. The Labute approximate surface area is 199 Å². The number of piperidine rings is 1. The van der Waals surface area contributed by atoms with Crippen LogP contribution < -0.4 is 5.32 Å². The molecule has 0 atom stereocenters. The summed E-state index contributed by atoms with van der Waals surface area (Å²) in [6.07, 6.45) is 15.0. The predicted octanol–water partition coefficient (Wildman–Crippen LogP) is 5.49. The lowest BCUT2D eigenvalue weighted by molar-refractivity contribution is 0.246. The largest absolute Gasteiger partial charge is 0.370 e. The molecule has 0 radical (unpaired) electrons. The summed E-state index contributed by atoms with van der Waals surface area (Å²) in [6.45, 7) is 15.8. The van der Waals surface area contributed by atoms with Crippen molar-refractivity contribution in [3.63, 3.8) is 0 Å². The molecule has 1 N–H and O–H groups in total. The third kappa shape index (κ3) is 4.98. The molecule has 0 aromatic heterocycles. The number of nitrogens with one attached hydrogen (secondary N) is 1. The Bertz CT molecular complexity index is 1020. The van der Waals surface area contributed by atoms with Crippen molar-refractivity contribution in [1.29, 1.82) is 0 Å². The van der Waals surface area contributed by atoms with Gasteiger partial charge in [0.2, 0.25) is 0 Å². The third-order valence-electron chi connectivity index (χ3n) is 7.17. The fraction of sp³-hybridized carbons (Fsp3) is 0.500. The molecule has 1 aliphatic carbocycles. The number of likely N-dealkylation sites (tertiary alicyclic amines) is 1. The maximum absolute atomic E-state index is 5.10. The van der Waals surface area contributed by atoms with Gasteiger partial charge in [0.05, 0.1) is 17.1 Å². The number of allylic oxidation sites excluding steroid dienone is 6. The van der Waals surface area contributed by atoms with Crippen LogP contribution in [-0.2, 0) is 0 Å². The first kappa shape index (κ1) is 23.5. The van der Waals surface area contributed by atoms with Gasteiger partial charge >= 0.3 is 0 Å². The van der Waals surface area contributed by atoms with Gasteiger partial charge in [0, 0.05) is 38.1 Å². The molecule has 3 aliphatic heterocycles. The van der Waals surface area contributed by atoms with E-state index in [0.29, 0.717) is 6.04 Å². The maximum atomic E-state index is 5.10. The number of rotatable bonds is 6. The van der Waals surface area contributed by atoms with Gasteiger partial charge in [-0.1, -0.05) is 19.1 Å². The minimum absolute atomic E-state index is 0.647. The van der Waals surface area contributed by atoms with E-state index in [-0.39, 0.29) is 0 Å². The second-order valence-corrected chi connectivity index (χ2v) is 9.59. The minimum atomic E-state index is 0.647. The van der Waals surface area contributed by atoms with Gasteiger partial charge in [-0.15, -0.1) is 0 Å². The Balaban J connectivity index is 1.66. The lowest BCUT2D eigenvalue weighted by atomic mass is 9.88. The zero-order valence-corrected chi connectivity index (χ0v) is 21.0. The second-order valence-electron chi connectivity index (χ2n) is 9.59. The van der Waals surface area contributed by atoms with Gasteiger partial charge in [0.15, 0.2) is 0 Å². The van der Waals surface area contributed by atoms with E-state index in [0.717, 1.165) is 48.0 Å². The van der Waals surface area contributed by atoms with Crippen LogP contribution in [0.4, 0.5) is 0 Å². The van der Waals surface area contributed by atoms with Gasteiger partial charge in [-0.05, 0) is 94.4 Å². The van der Waals surface area contributed by atoms with Crippen LogP contribution in [0.2, 0.25) is 0 Å². The van der Waals surface area contributed by atoms with Crippen LogP contribution in [0.25, 0.3) is 0 Å². The number of hydrogen-bond donors (Lipinski definition) is 1. The molecular formula is C28H39N5. The van der Waals surface area contributed by atoms with Crippen LogP contribution in [0.5, 0.6) is 0 Å². The Hall–Kier alpha value is -2.66. The summed E-state index contributed by atoms with van der Waals surface area (Å²) in [6, 6.07) is 0.647. The average Bonchev–Trinajstić information content (AvgIpc) is 2.77. The molecule has 4 rings (SSSR count). The number of nitrogens with zero attached hydrogens (tertiary/aromatic N) is 4. The zero-order chi connectivity index (χ0) is 23.5. The lowest BCUT2D eigenvalue weighted by Crippen LogP contribution is -2.43. The summed E-state index contributed by atoms with van der Waals surface area (Å²) < 4.78 is 0. The smallest absolute Gasteiger partial charge is 0.140 e. The minimum Gasteiger partial charge on any atom is -0.370 e.